The van der Waals surface area contributed by atoms with Crippen LogP contribution in [0.15, 0.2) is 43.0 Å². The van der Waals surface area contributed by atoms with Crippen molar-refractivity contribution in [3.05, 3.63) is 59.8 Å². The lowest BCUT2D eigenvalue weighted by molar-refractivity contribution is -0.137. The first-order valence-electron chi connectivity index (χ1n) is 9.65. The summed E-state index contributed by atoms with van der Waals surface area (Å²) in [6.07, 6.45) is -2.67. The van der Waals surface area contributed by atoms with E-state index >= 15 is 0 Å². The van der Waals surface area contributed by atoms with Crippen LogP contribution in [0.25, 0.3) is 0 Å². The van der Waals surface area contributed by atoms with Gasteiger partial charge in [-0.2, -0.15) is 18.4 Å². The van der Waals surface area contributed by atoms with Crippen LogP contribution >= 0.6 is 0 Å². The number of carbonyl (C=O) groups is 1. The van der Waals surface area contributed by atoms with E-state index in [9.17, 15) is 23.2 Å². The Morgan fingerprint density at radius 3 is 2.65 bits per heavy atom. The Kier molecular flexibility index (Phi) is 6.20. The van der Waals surface area contributed by atoms with Crippen molar-refractivity contribution >= 4 is 23.1 Å². The molecule has 31 heavy (non-hydrogen) atoms. The highest BCUT2D eigenvalue weighted by atomic mass is 19.4. The molecule has 1 aliphatic rings. The first kappa shape index (κ1) is 22.2. The maximum absolute atomic E-state index is 13.4. The third kappa shape index (κ3) is 4.48. The Morgan fingerprint density at radius 2 is 2.03 bits per heavy atom. The topological polar surface area (TPSA) is 72.3 Å². The van der Waals surface area contributed by atoms with Gasteiger partial charge in [-0.3, -0.25) is 4.79 Å². The van der Waals surface area contributed by atoms with E-state index in [1.165, 1.54) is 11.8 Å². The normalized spacial score (nSPS) is 16.8. The lowest BCUT2D eigenvalue weighted by Gasteiger charge is -2.35. The summed E-state index contributed by atoms with van der Waals surface area (Å²) in [7, 11) is 1.61. The average molecular weight is 429 g/mol. The van der Waals surface area contributed by atoms with Crippen molar-refractivity contribution < 1.29 is 18.0 Å². The molecule has 3 rings (SSSR count). The van der Waals surface area contributed by atoms with Crippen LogP contribution in [0.5, 0.6) is 0 Å². The van der Waals surface area contributed by atoms with Gasteiger partial charge in [0.1, 0.15) is 23.5 Å². The first-order valence-corrected chi connectivity index (χ1v) is 9.65. The molecule has 6 nitrogen and oxygen atoms in total. The quantitative estimate of drug-likeness (QED) is 0.741. The standard InChI is InChI=1S/C22H22F3N5O/c1-4-10-30-11-9-17(21(31)29(3)18-7-5-6-8-19(18)30)28-20-15(13-26)16(22(23,24)25)12-14(2)27-20/h4-8,12,17H,1,9-11H2,2-3H3,(H,27,28)/t17-/m0/s1. The number of amides is 1. The van der Waals surface area contributed by atoms with Crippen LogP contribution in [0.4, 0.5) is 30.4 Å². The smallest absolute Gasteiger partial charge is 0.366 e. The molecule has 0 saturated carbocycles. The number of para-hydroxylation sites is 2. The summed E-state index contributed by atoms with van der Waals surface area (Å²) in [5.74, 6) is -0.572. The molecule has 0 radical (unpaired) electrons. The fraction of sp³-hybridized carbons (Fsp3) is 0.318. The largest absolute Gasteiger partial charge is 0.417 e. The zero-order valence-electron chi connectivity index (χ0n) is 17.2. The highest BCUT2D eigenvalue weighted by Gasteiger charge is 2.37. The van der Waals surface area contributed by atoms with Crippen LogP contribution in [0.1, 0.15) is 23.2 Å². The van der Waals surface area contributed by atoms with E-state index in [2.05, 4.69) is 16.9 Å². The first-order chi connectivity index (χ1) is 14.7. The molecule has 2 aromatic rings. The van der Waals surface area contributed by atoms with Crippen molar-refractivity contribution in [2.45, 2.75) is 25.6 Å². The molecule has 0 spiro atoms. The average Bonchev–Trinajstić information content (AvgIpc) is 2.73. The summed E-state index contributed by atoms with van der Waals surface area (Å²) in [5, 5.41) is 12.2. The number of hydrogen-bond donors (Lipinski definition) is 1. The van der Waals surface area contributed by atoms with Crippen molar-refractivity contribution in [2.24, 2.45) is 0 Å². The van der Waals surface area contributed by atoms with Crippen LogP contribution in [0.2, 0.25) is 0 Å². The van der Waals surface area contributed by atoms with Gasteiger partial charge in [-0.15, -0.1) is 6.58 Å². The maximum Gasteiger partial charge on any atom is 0.417 e. The lowest BCUT2D eigenvalue weighted by Crippen LogP contribution is -2.46. The second kappa shape index (κ2) is 8.68. The van der Waals surface area contributed by atoms with E-state index in [-0.39, 0.29) is 17.4 Å². The second-order valence-electron chi connectivity index (χ2n) is 7.25. The molecule has 1 amide bonds. The zero-order valence-corrected chi connectivity index (χ0v) is 17.2. The molecule has 0 unspecified atom stereocenters. The highest BCUT2D eigenvalue weighted by molar-refractivity contribution is 6.01. The Morgan fingerprint density at radius 1 is 1.35 bits per heavy atom. The fourth-order valence-electron chi connectivity index (χ4n) is 3.66. The molecule has 0 fully saturated rings. The summed E-state index contributed by atoms with van der Waals surface area (Å²) in [6.45, 7) is 6.19. The van der Waals surface area contributed by atoms with Crippen LogP contribution in [0.3, 0.4) is 0 Å². The van der Waals surface area contributed by atoms with Crippen molar-refractivity contribution in [3.63, 3.8) is 0 Å². The third-order valence-corrected chi connectivity index (χ3v) is 5.13. The van der Waals surface area contributed by atoms with Crippen LogP contribution < -0.4 is 15.1 Å². The summed E-state index contributed by atoms with van der Waals surface area (Å²) >= 11 is 0. The van der Waals surface area contributed by atoms with Gasteiger partial charge in [0.15, 0.2) is 0 Å². The van der Waals surface area contributed by atoms with Crippen molar-refractivity contribution in [1.29, 1.82) is 5.26 Å². The Hall–Kier alpha value is -3.54. The molecular formula is C22H22F3N5O. The molecule has 1 N–H and O–H groups in total. The van der Waals surface area contributed by atoms with Gasteiger partial charge in [-0.1, -0.05) is 18.2 Å². The van der Waals surface area contributed by atoms with Crippen LogP contribution in [0, 0.1) is 18.3 Å². The second-order valence-corrected chi connectivity index (χ2v) is 7.25. The molecule has 0 saturated heterocycles. The number of hydrogen-bond acceptors (Lipinski definition) is 5. The molecule has 1 aromatic carbocycles. The van der Waals surface area contributed by atoms with Gasteiger partial charge >= 0.3 is 6.18 Å². The Balaban J connectivity index is 2.02. The number of nitriles is 1. The lowest BCUT2D eigenvalue weighted by atomic mass is 10.1. The van der Waals surface area contributed by atoms with Gasteiger partial charge in [0, 0.05) is 25.8 Å². The Labute approximate surface area is 178 Å². The zero-order chi connectivity index (χ0) is 22.8. The predicted molar refractivity (Wildman–Crippen MR) is 113 cm³/mol. The summed E-state index contributed by atoms with van der Waals surface area (Å²) in [6, 6.07) is 8.95. The molecular weight excluding hydrogens is 407 g/mol. The fourth-order valence-corrected chi connectivity index (χ4v) is 3.66. The summed E-state index contributed by atoms with van der Waals surface area (Å²) < 4.78 is 40.3. The monoisotopic (exact) mass is 429 g/mol. The number of nitrogens with one attached hydrogen (secondary N) is 1. The van der Waals surface area contributed by atoms with Gasteiger partial charge in [0.05, 0.1) is 16.9 Å². The van der Waals surface area contributed by atoms with Gasteiger partial charge in [0.25, 0.3) is 0 Å². The van der Waals surface area contributed by atoms with E-state index < -0.39 is 23.3 Å². The predicted octanol–water partition coefficient (Wildman–Crippen LogP) is 4.12. The van der Waals surface area contributed by atoms with Crippen LogP contribution in [-0.2, 0) is 11.0 Å². The van der Waals surface area contributed by atoms with Gasteiger partial charge in [0.2, 0.25) is 5.91 Å². The number of pyridine rings is 1. The van der Waals surface area contributed by atoms with Crippen molar-refractivity contribution in [1.82, 2.24) is 4.98 Å². The highest BCUT2D eigenvalue weighted by Crippen LogP contribution is 2.36. The number of halogens is 3. The number of aryl methyl sites for hydroxylation is 1. The molecule has 1 aromatic heterocycles. The number of likely N-dealkylation sites (N-methyl/N-ethyl adjacent to an activating group) is 1. The Bertz CT molecular complexity index is 1040. The van der Waals surface area contributed by atoms with E-state index in [0.717, 1.165) is 11.8 Å². The number of carbonyl (C=O) groups excluding carboxylic acids is 1. The van der Waals surface area contributed by atoms with Crippen molar-refractivity contribution in [2.75, 3.05) is 35.3 Å². The maximum atomic E-state index is 13.4. The SMILES string of the molecule is C=CCN1CC[C@H](Nc2nc(C)cc(C(F)(F)F)c2C#N)C(=O)N(C)c2ccccc21. The molecule has 1 atom stereocenters. The third-order valence-electron chi connectivity index (χ3n) is 5.13. The van der Waals surface area contributed by atoms with E-state index in [0.29, 0.717) is 25.2 Å². The van der Waals surface area contributed by atoms with Gasteiger partial charge < -0.3 is 15.1 Å². The van der Waals surface area contributed by atoms with E-state index in [1.807, 2.05) is 23.1 Å². The molecule has 162 valence electrons. The number of rotatable bonds is 4. The minimum Gasteiger partial charge on any atom is -0.366 e. The van der Waals surface area contributed by atoms with Gasteiger partial charge in [-0.05, 0) is 31.5 Å². The number of aromatic nitrogens is 1. The minimum atomic E-state index is -4.71. The van der Waals surface area contributed by atoms with E-state index in [4.69, 9.17) is 0 Å². The minimum absolute atomic E-state index is 0.0964. The molecule has 1 aliphatic heterocycles. The molecule has 0 aliphatic carbocycles. The molecule has 9 heteroatoms. The number of fused-ring (bicyclic) bond motifs is 1. The number of nitrogens with zero attached hydrogens (tertiary/aromatic N) is 4. The number of alkyl halides is 3. The van der Waals surface area contributed by atoms with E-state index in [1.54, 1.807) is 25.3 Å². The summed E-state index contributed by atoms with van der Waals surface area (Å²) in [4.78, 5) is 20.8. The number of benzene rings is 1. The molecule has 0 bridgehead atoms. The number of anilines is 3. The summed E-state index contributed by atoms with van der Waals surface area (Å²) in [5.41, 5.74) is -0.0645. The van der Waals surface area contributed by atoms with Crippen LogP contribution in [-0.4, -0.2) is 37.1 Å². The molecule has 2 heterocycles. The van der Waals surface area contributed by atoms with Crippen molar-refractivity contribution in [3.8, 4) is 6.07 Å². The van der Waals surface area contributed by atoms with Gasteiger partial charge in [-0.25, -0.2) is 4.98 Å².